The van der Waals surface area contributed by atoms with Crippen LogP contribution in [0, 0.1) is 52.3 Å². The van der Waals surface area contributed by atoms with E-state index >= 15 is 0 Å². The van der Waals surface area contributed by atoms with Crippen molar-refractivity contribution in [2.24, 2.45) is 52.3 Å². The summed E-state index contributed by atoms with van der Waals surface area (Å²) in [6.07, 6.45) is 7.11. The molecule has 11 atom stereocenters. The van der Waals surface area contributed by atoms with Crippen molar-refractivity contribution in [1.82, 2.24) is 0 Å². The monoisotopic (exact) mass is 434 g/mol. The van der Waals surface area contributed by atoms with E-state index in [1.165, 1.54) is 0 Å². The SMILES string of the molecule is CC(C)C(=O)CC[C@@H](C)[C@H]1CC[C@H]2[C@@H]3[C@H](O)C[C@@H]4C[C@H](O)CC[C@]4(C)[C@H]3C[C@H](O)[C@]12C. The summed E-state index contributed by atoms with van der Waals surface area (Å²) in [7, 11) is 0. The van der Waals surface area contributed by atoms with Crippen LogP contribution in [-0.2, 0) is 4.79 Å². The molecule has 0 radical (unpaired) electrons. The van der Waals surface area contributed by atoms with Gasteiger partial charge >= 0.3 is 0 Å². The van der Waals surface area contributed by atoms with Gasteiger partial charge in [0.25, 0.3) is 0 Å². The largest absolute Gasteiger partial charge is 0.393 e. The predicted molar refractivity (Wildman–Crippen MR) is 122 cm³/mol. The number of carbonyl (C=O) groups excluding carboxylic acids is 1. The third-order valence-corrected chi connectivity index (χ3v) is 11.0. The molecule has 4 aliphatic carbocycles. The first-order chi connectivity index (χ1) is 14.5. The summed E-state index contributed by atoms with van der Waals surface area (Å²) in [4.78, 5) is 12.2. The normalized spacial score (nSPS) is 50.5. The van der Waals surface area contributed by atoms with Crippen molar-refractivity contribution in [3.63, 3.8) is 0 Å². The molecule has 4 saturated carbocycles. The fourth-order valence-corrected chi connectivity index (χ4v) is 8.99. The molecule has 4 fully saturated rings. The van der Waals surface area contributed by atoms with E-state index in [1.807, 2.05) is 13.8 Å². The van der Waals surface area contributed by atoms with Gasteiger partial charge < -0.3 is 15.3 Å². The number of hydrogen-bond donors (Lipinski definition) is 3. The molecule has 0 amide bonds. The molecule has 4 heteroatoms. The molecule has 31 heavy (non-hydrogen) atoms. The molecule has 4 aliphatic rings. The zero-order chi connectivity index (χ0) is 22.7. The number of carbonyl (C=O) groups is 1. The van der Waals surface area contributed by atoms with Crippen LogP contribution in [0.2, 0.25) is 0 Å². The minimum Gasteiger partial charge on any atom is -0.393 e. The maximum absolute atomic E-state index is 12.2. The van der Waals surface area contributed by atoms with Crippen molar-refractivity contribution >= 4 is 5.78 Å². The molecule has 3 N–H and O–H groups in total. The number of aliphatic hydroxyl groups excluding tert-OH is 3. The number of fused-ring (bicyclic) bond motifs is 5. The van der Waals surface area contributed by atoms with E-state index in [-0.39, 0.29) is 41.0 Å². The molecule has 0 aromatic carbocycles. The van der Waals surface area contributed by atoms with Crippen LogP contribution in [0.3, 0.4) is 0 Å². The first-order valence-electron chi connectivity index (χ1n) is 13.1. The minimum atomic E-state index is -0.343. The zero-order valence-corrected chi connectivity index (χ0v) is 20.4. The van der Waals surface area contributed by atoms with Crippen LogP contribution in [0.5, 0.6) is 0 Å². The Labute approximate surface area is 189 Å². The number of aliphatic hydroxyl groups is 3. The molecular weight excluding hydrogens is 388 g/mol. The first-order valence-corrected chi connectivity index (χ1v) is 13.1. The van der Waals surface area contributed by atoms with Crippen LogP contribution in [0.25, 0.3) is 0 Å². The Hall–Kier alpha value is -0.450. The summed E-state index contributed by atoms with van der Waals surface area (Å²) in [5.41, 5.74) is -0.0430. The Morgan fingerprint density at radius 1 is 0.968 bits per heavy atom. The average molecular weight is 435 g/mol. The second-order valence-electron chi connectivity index (χ2n) is 12.7. The highest BCUT2D eigenvalue weighted by Crippen LogP contribution is 2.68. The van der Waals surface area contributed by atoms with Gasteiger partial charge in [0.15, 0.2) is 0 Å². The molecule has 0 aromatic rings. The quantitative estimate of drug-likeness (QED) is 0.591. The predicted octanol–water partition coefficient (Wildman–Crippen LogP) is 4.59. The molecule has 0 aliphatic heterocycles. The Morgan fingerprint density at radius 2 is 1.68 bits per heavy atom. The van der Waals surface area contributed by atoms with Gasteiger partial charge in [0.2, 0.25) is 0 Å². The highest BCUT2D eigenvalue weighted by molar-refractivity contribution is 5.80. The van der Waals surface area contributed by atoms with E-state index in [9.17, 15) is 20.1 Å². The van der Waals surface area contributed by atoms with Crippen molar-refractivity contribution in [2.45, 2.75) is 111 Å². The number of rotatable bonds is 5. The van der Waals surface area contributed by atoms with Crippen molar-refractivity contribution in [3.05, 3.63) is 0 Å². The first kappa shape index (κ1) is 23.7. The summed E-state index contributed by atoms with van der Waals surface area (Å²) in [6, 6.07) is 0. The van der Waals surface area contributed by atoms with Crippen molar-refractivity contribution in [2.75, 3.05) is 0 Å². The van der Waals surface area contributed by atoms with Crippen molar-refractivity contribution in [1.29, 1.82) is 0 Å². The maximum Gasteiger partial charge on any atom is 0.135 e. The summed E-state index contributed by atoms with van der Waals surface area (Å²) >= 11 is 0. The summed E-state index contributed by atoms with van der Waals surface area (Å²) in [6.45, 7) is 10.9. The number of hydrogen-bond acceptors (Lipinski definition) is 4. The molecule has 4 rings (SSSR count). The van der Waals surface area contributed by atoms with Crippen LogP contribution < -0.4 is 0 Å². The van der Waals surface area contributed by atoms with Gasteiger partial charge in [-0.2, -0.15) is 0 Å². The second-order valence-corrected chi connectivity index (χ2v) is 12.7. The van der Waals surface area contributed by atoms with E-state index in [2.05, 4.69) is 20.8 Å². The van der Waals surface area contributed by atoms with E-state index in [4.69, 9.17) is 0 Å². The molecule has 178 valence electrons. The molecule has 0 spiro atoms. The van der Waals surface area contributed by atoms with Crippen LogP contribution in [0.15, 0.2) is 0 Å². The Morgan fingerprint density at radius 3 is 2.35 bits per heavy atom. The molecule has 0 bridgehead atoms. The smallest absolute Gasteiger partial charge is 0.135 e. The lowest BCUT2D eigenvalue weighted by Gasteiger charge is -2.63. The third kappa shape index (κ3) is 3.73. The van der Waals surface area contributed by atoms with Crippen LogP contribution >= 0.6 is 0 Å². The molecule has 0 heterocycles. The Bertz CT molecular complexity index is 676. The van der Waals surface area contributed by atoms with Gasteiger partial charge in [-0.15, -0.1) is 0 Å². The highest BCUT2D eigenvalue weighted by Gasteiger charge is 2.65. The number of Topliss-reactive ketones (excluding diaryl/α,β-unsaturated/α-hetero) is 1. The van der Waals surface area contributed by atoms with E-state index in [0.29, 0.717) is 41.8 Å². The highest BCUT2D eigenvalue weighted by atomic mass is 16.3. The maximum atomic E-state index is 12.2. The van der Waals surface area contributed by atoms with Gasteiger partial charge in [-0.25, -0.2) is 0 Å². The average Bonchev–Trinajstić information content (AvgIpc) is 3.06. The van der Waals surface area contributed by atoms with Crippen molar-refractivity contribution in [3.8, 4) is 0 Å². The lowest BCUT2D eigenvalue weighted by molar-refractivity contribution is -0.207. The minimum absolute atomic E-state index is 0.0974. The van der Waals surface area contributed by atoms with Gasteiger partial charge in [-0.05, 0) is 97.7 Å². The lowest BCUT2D eigenvalue weighted by atomic mass is 9.43. The second kappa shape index (κ2) is 8.40. The Balaban J connectivity index is 1.56. The molecule has 0 aromatic heterocycles. The fourth-order valence-electron chi connectivity index (χ4n) is 8.99. The van der Waals surface area contributed by atoms with Crippen LogP contribution in [0.1, 0.15) is 92.4 Å². The van der Waals surface area contributed by atoms with E-state index in [0.717, 1.165) is 51.4 Å². The van der Waals surface area contributed by atoms with Gasteiger partial charge in [-0.1, -0.05) is 34.6 Å². The van der Waals surface area contributed by atoms with Gasteiger partial charge in [0.05, 0.1) is 18.3 Å². The topological polar surface area (TPSA) is 77.8 Å². The van der Waals surface area contributed by atoms with Gasteiger partial charge in [0, 0.05) is 12.3 Å². The van der Waals surface area contributed by atoms with Crippen LogP contribution in [-0.4, -0.2) is 39.4 Å². The molecule has 0 unspecified atom stereocenters. The van der Waals surface area contributed by atoms with E-state index < -0.39 is 0 Å². The van der Waals surface area contributed by atoms with E-state index in [1.54, 1.807) is 0 Å². The third-order valence-electron chi connectivity index (χ3n) is 11.0. The molecule has 0 saturated heterocycles. The lowest BCUT2D eigenvalue weighted by Crippen LogP contribution is -2.62. The zero-order valence-electron chi connectivity index (χ0n) is 20.4. The molecule has 4 nitrogen and oxygen atoms in total. The van der Waals surface area contributed by atoms with Gasteiger partial charge in [0.1, 0.15) is 5.78 Å². The van der Waals surface area contributed by atoms with Crippen LogP contribution in [0.4, 0.5) is 0 Å². The summed E-state index contributed by atoms with van der Waals surface area (Å²) in [5.74, 6) is 2.60. The summed E-state index contributed by atoms with van der Waals surface area (Å²) in [5, 5.41) is 33.2. The fraction of sp³-hybridized carbons (Fsp3) is 0.963. The van der Waals surface area contributed by atoms with Gasteiger partial charge in [-0.3, -0.25) is 4.79 Å². The van der Waals surface area contributed by atoms with Crippen molar-refractivity contribution < 1.29 is 20.1 Å². The Kier molecular flexibility index (Phi) is 6.42. The summed E-state index contributed by atoms with van der Waals surface area (Å²) < 4.78 is 0. The standard InChI is InChI=1S/C27H46O4/c1-15(2)22(29)9-6-16(3)19-7-8-20-25-21(14-24(31)27(19,20)5)26(4)11-10-18(28)12-17(26)13-23(25)30/h15-21,23-25,28,30-31H,6-14H2,1-5H3/t16-,17+,18-,19-,20+,21+,23-,24+,25+,26+,27-/m1/s1. The molecular formula is C27H46O4. The number of ketones is 1.